The molecule has 0 amide bonds. The Balaban J connectivity index is 2.08. The molecule has 0 saturated heterocycles. The summed E-state index contributed by atoms with van der Waals surface area (Å²) < 4.78 is 14.9. The molecule has 0 bridgehead atoms. The summed E-state index contributed by atoms with van der Waals surface area (Å²) in [4.78, 5) is 4.24. The fourth-order valence-corrected chi connectivity index (χ4v) is 2.50. The number of thiazole rings is 1. The fourth-order valence-electron chi connectivity index (χ4n) is 1.94. The molecule has 2 aromatic heterocycles. The monoisotopic (exact) mass is 274 g/mol. The van der Waals surface area contributed by atoms with E-state index in [9.17, 15) is 4.39 Å². The molecule has 96 valence electrons. The third kappa shape index (κ3) is 2.10. The summed E-state index contributed by atoms with van der Waals surface area (Å²) in [6.45, 7) is 1.92. The van der Waals surface area contributed by atoms with Gasteiger partial charge in [-0.3, -0.25) is 0 Å². The van der Waals surface area contributed by atoms with Crippen molar-refractivity contribution in [1.29, 1.82) is 0 Å². The SMILES string of the molecule is Cc1c(-c2csc(N)n2)cnn1-c1cccc(F)c1. The number of anilines is 1. The first-order valence-electron chi connectivity index (χ1n) is 5.67. The van der Waals surface area contributed by atoms with Gasteiger partial charge >= 0.3 is 0 Å². The first kappa shape index (κ1) is 11.9. The summed E-state index contributed by atoms with van der Waals surface area (Å²) in [5.41, 5.74) is 8.91. The van der Waals surface area contributed by atoms with Crippen LogP contribution in [0.25, 0.3) is 16.9 Å². The van der Waals surface area contributed by atoms with Crippen molar-refractivity contribution in [2.24, 2.45) is 0 Å². The van der Waals surface area contributed by atoms with Gasteiger partial charge in [0.2, 0.25) is 0 Å². The van der Waals surface area contributed by atoms with Crippen molar-refractivity contribution in [2.45, 2.75) is 6.92 Å². The summed E-state index contributed by atoms with van der Waals surface area (Å²) in [6.07, 6.45) is 1.72. The van der Waals surface area contributed by atoms with Crippen molar-refractivity contribution in [3.63, 3.8) is 0 Å². The zero-order chi connectivity index (χ0) is 13.4. The van der Waals surface area contributed by atoms with E-state index in [4.69, 9.17) is 5.73 Å². The molecular weight excluding hydrogens is 263 g/mol. The lowest BCUT2D eigenvalue weighted by molar-refractivity contribution is 0.625. The highest BCUT2D eigenvalue weighted by Crippen LogP contribution is 2.27. The van der Waals surface area contributed by atoms with Crippen LogP contribution in [-0.2, 0) is 0 Å². The van der Waals surface area contributed by atoms with Crippen LogP contribution in [0, 0.1) is 12.7 Å². The number of nitrogen functional groups attached to an aromatic ring is 1. The number of hydrogen-bond donors (Lipinski definition) is 1. The van der Waals surface area contributed by atoms with Crippen LogP contribution in [0.3, 0.4) is 0 Å². The maximum absolute atomic E-state index is 13.2. The number of nitrogens with two attached hydrogens (primary N) is 1. The third-order valence-corrected chi connectivity index (χ3v) is 3.53. The van der Waals surface area contributed by atoms with Gasteiger partial charge in [-0.05, 0) is 25.1 Å². The molecule has 6 heteroatoms. The summed E-state index contributed by atoms with van der Waals surface area (Å²) in [5.74, 6) is -0.285. The highest BCUT2D eigenvalue weighted by atomic mass is 32.1. The zero-order valence-electron chi connectivity index (χ0n) is 10.2. The molecule has 0 fully saturated rings. The predicted molar refractivity (Wildman–Crippen MR) is 73.8 cm³/mol. The Morgan fingerprint density at radius 3 is 2.89 bits per heavy atom. The number of benzene rings is 1. The van der Waals surface area contributed by atoms with E-state index in [0.717, 1.165) is 17.0 Å². The summed E-state index contributed by atoms with van der Waals surface area (Å²) >= 11 is 1.39. The number of hydrogen-bond acceptors (Lipinski definition) is 4. The molecule has 2 heterocycles. The molecule has 0 atom stereocenters. The first-order valence-corrected chi connectivity index (χ1v) is 6.55. The Morgan fingerprint density at radius 1 is 1.37 bits per heavy atom. The van der Waals surface area contributed by atoms with Gasteiger partial charge in [-0.1, -0.05) is 6.07 Å². The van der Waals surface area contributed by atoms with Gasteiger partial charge < -0.3 is 5.73 Å². The van der Waals surface area contributed by atoms with Crippen LogP contribution >= 0.6 is 11.3 Å². The van der Waals surface area contributed by atoms with E-state index in [0.29, 0.717) is 10.8 Å². The average molecular weight is 274 g/mol. The van der Waals surface area contributed by atoms with Gasteiger partial charge in [0.25, 0.3) is 0 Å². The van der Waals surface area contributed by atoms with E-state index >= 15 is 0 Å². The molecular formula is C13H11FN4S. The summed E-state index contributed by atoms with van der Waals surface area (Å²) in [7, 11) is 0. The molecule has 2 N–H and O–H groups in total. The standard InChI is InChI=1S/C13H11FN4S/c1-8-11(12-7-19-13(15)17-12)6-16-18(8)10-4-2-3-9(14)5-10/h2-7H,1H3,(H2,15,17). The molecule has 19 heavy (non-hydrogen) atoms. The predicted octanol–water partition coefficient (Wildman–Crippen LogP) is 3.03. The fraction of sp³-hybridized carbons (Fsp3) is 0.0769. The number of aromatic nitrogens is 3. The van der Waals surface area contributed by atoms with Crippen molar-refractivity contribution in [3.05, 3.63) is 47.4 Å². The van der Waals surface area contributed by atoms with E-state index in [2.05, 4.69) is 10.1 Å². The molecule has 0 aliphatic heterocycles. The Hall–Kier alpha value is -2.21. The van der Waals surface area contributed by atoms with Crippen molar-refractivity contribution >= 4 is 16.5 Å². The first-order chi connectivity index (χ1) is 9.15. The molecule has 0 unspecified atom stereocenters. The van der Waals surface area contributed by atoms with Gasteiger partial charge in [-0.15, -0.1) is 11.3 Å². The van der Waals surface area contributed by atoms with Gasteiger partial charge in [0.05, 0.1) is 23.3 Å². The lowest BCUT2D eigenvalue weighted by Crippen LogP contribution is -1.99. The maximum atomic E-state index is 13.2. The molecule has 0 radical (unpaired) electrons. The van der Waals surface area contributed by atoms with Gasteiger partial charge in [0, 0.05) is 10.9 Å². The molecule has 3 aromatic rings. The average Bonchev–Trinajstić information content (AvgIpc) is 2.95. The maximum Gasteiger partial charge on any atom is 0.180 e. The Kier molecular flexibility index (Phi) is 2.79. The highest BCUT2D eigenvalue weighted by molar-refractivity contribution is 7.13. The van der Waals surface area contributed by atoms with Crippen LogP contribution in [0.5, 0.6) is 0 Å². The minimum Gasteiger partial charge on any atom is -0.375 e. The van der Waals surface area contributed by atoms with Gasteiger partial charge in [0.1, 0.15) is 5.82 Å². The van der Waals surface area contributed by atoms with Crippen LogP contribution < -0.4 is 5.73 Å². The van der Waals surface area contributed by atoms with Gasteiger partial charge in [-0.25, -0.2) is 14.1 Å². The van der Waals surface area contributed by atoms with Crippen molar-refractivity contribution < 1.29 is 4.39 Å². The van der Waals surface area contributed by atoms with Crippen LogP contribution in [-0.4, -0.2) is 14.8 Å². The van der Waals surface area contributed by atoms with E-state index in [-0.39, 0.29) is 5.82 Å². The van der Waals surface area contributed by atoms with E-state index in [1.165, 1.54) is 23.5 Å². The van der Waals surface area contributed by atoms with Gasteiger partial charge in [-0.2, -0.15) is 5.10 Å². The number of nitrogens with zero attached hydrogens (tertiary/aromatic N) is 3. The van der Waals surface area contributed by atoms with Crippen molar-refractivity contribution in [2.75, 3.05) is 5.73 Å². The van der Waals surface area contributed by atoms with Crippen LogP contribution in [0.1, 0.15) is 5.69 Å². The second-order valence-corrected chi connectivity index (χ2v) is 5.00. The minimum atomic E-state index is -0.285. The summed E-state index contributed by atoms with van der Waals surface area (Å²) in [6, 6.07) is 6.32. The van der Waals surface area contributed by atoms with E-state index in [1.807, 2.05) is 18.4 Å². The normalized spacial score (nSPS) is 10.8. The molecule has 0 aliphatic rings. The lowest BCUT2D eigenvalue weighted by atomic mass is 10.2. The van der Waals surface area contributed by atoms with Crippen molar-refractivity contribution in [1.82, 2.24) is 14.8 Å². The lowest BCUT2D eigenvalue weighted by Gasteiger charge is -2.04. The number of rotatable bonds is 2. The topological polar surface area (TPSA) is 56.7 Å². The quantitative estimate of drug-likeness (QED) is 0.781. The highest BCUT2D eigenvalue weighted by Gasteiger charge is 2.12. The van der Waals surface area contributed by atoms with Crippen LogP contribution in [0.4, 0.5) is 9.52 Å². The van der Waals surface area contributed by atoms with Crippen LogP contribution in [0.15, 0.2) is 35.8 Å². The van der Waals surface area contributed by atoms with E-state index < -0.39 is 0 Å². The largest absolute Gasteiger partial charge is 0.375 e. The van der Waals surface area contributed by atoms with Gasteiger partial charge in [0.15, 0.2) is 5.13 Å². The van der Waals surface area contributed by atoms with Crippen molar-refractivity contribution in [3.8, 4) is 16.9 Å². The van der Waals surface area contributed by atoms with Crippen LogP contribution in [0.2, 0.25) is 0 Å². The van der Waals surface area contributed by atoms with E-state index in [1.54, 1.807) is 16.9 Å². The zero-order valence-corrected chi connectivity index (χ0v) is 11.0. The molecule has 3 rings (SSSR count). The minimum absolute atomic E-state index is 0.285. The molecule has 0 spiro atoms. The third-order valence-electron chi connectivity index (χ3n) is 2.86. The summed E-state index contributed by atoms with van der Waals surface area (Å²) in [5, 5.41) is 6.69. The Bertz CT molecular complexity index is 732. The Morgan fingerprint density at radius 2 is 2.21 bits per heavy atom. The second kappa shape index (κ2) is 4.47. The Labute approximate surface area is 113 Å². The smallest absolute Gasteiger partial charge is 0.180 e. The molecule has 1 aromatic carbocycles. The molecule has 0 saturated carbocycles. The number of halogens is 1. The molecule has 0 aliphatic carbocycles. The second-order valence-electron chi connectivity index (χ2n) is 4.11. The molecule has 4 nitrogen and oxygen atoms in total.